The normalized spacial score (nSPS) is 12.9. The molecule has 0 unspecified atom stereocenters. The molecular formula is C27H21FN8O2. The molecule has 1 fully saturated rings. The number of ether oxygens (including phenoxy) is 1. The number of fused-ring (bicyclic) bond motifs is 1. The van der Waals surface area contributed by atoms with Gasteiger partial charge in [-0.15, -0.1) is 14.8 Å². The monoisotopic (exact) mass is 508 g/mol. The number of carbonyl (C=O) groups is 1. The number of hydrogen-bond donors (Lipinski definition) is 2. The highest BCUT2D eigenvalue weighted by Gasteiger charge is 2.26. The van der Waals surface area contributed by atoms with Crippen LogP contribution in [0.15, 0.2) is 73.7 Å². The highest BCUT2D eigenvalue weighted by molar-refractivity contribution is 5.99. The molecule has 0 radical (unpaired) electrons. The lowest BCUT2D eigenvalue weighted by Gasteiger charge is -2.09. The summed E-state index contributed by atoms with van der Waals surface area (Å²) < 4.78 is 22.4. The van der Waals surface area contributed by atoms with Crippen LogP contribution in [-0.2, 0) is 4.79 Å². The van der Waals surface area contributed by atoms with Gasteiger partial charge in [-0.3, -0.25) is 4.79 Å². The summed E-state index contributed by atoms with van der Waals surface area (Å²) in [6.07, 6.45) is 6.27. The zero-order chi connectivity index (χ0) is 26.2. The summed E-state index contributed by atoms with van der Waals surface area (Å²) in [6, 6.07) is 13.5. The van der Waals surface area contributed by atoms with Crippen LogP contribution in [0.2, 0.25) is 0 Å². The Kier molecular flexibility index (Phi) is 5.72. The summed E-state index contributed by atoms with van der Waals surface area (Å²) in [5, 5.41) is 11.5. The van der Waals surface area contributed by atoms with Crippen LogP contribution in [0.4, 0.5) is 15.9 Å². The van der Waals surface area contributed by atoms with E-state index in [1.807, 2.05) is 6.07 Å². The maximum absolute atomic E-state index is 15.3. The predicted molar refractivity (Wildman–Crippen MR) is 139 cm³/mol. The second kappa shape index (κ2) is 9.36. The van der Waals surface area contributed by atoms with Crippen molar-refractivity contribution < 1.29 is 13.9 Å². The van der Waals surface area contributed by atoms with E-state index in [1.54, 1.807) is 36.5 Å². The van der Waals surface area contributed by atoms with Crippen LogP contribution in [0.5, 0.6) is 11.8 Å². The smallest absolute Gasteiger partial charge is 0.322 e. The van der Waals surface area contributed by atoms with E-state index in [0.717, 1.165) is 18.5 Å². The van der Waals surface area contributed by atoms with Gasteiger partial charge in [0.05, 0.1) is 5.69 Å². The Labute approximate surface area is 216 Å². The maximum atomic E-state index is 15.3. The van der Waals surface area contributed by atoms with Crippen molar-refractivity contribution in [2.75, 3.05) is 11.1 Å². The van der Waals surface area contributed by atoms with Gasteiger partial charge in [0.25, 0.3) is 0 Å². The summed E-state index contributed by atoms with van der Waals surface area (Å²) in [5.74, 6) is -0.328. The van der Waals surface area contributed by atoms with Gasteiger partial charge in [0, 0.05) is 28.9 Å². The van der Waals surface area contributed by atoms with E-state index in [1.165, 1.54) is 29.2 Å². The van der Waals surface area contributed by atoms with Gasteiger partial charge in [0.15, 0.2) is 17.4 Å². The number of carbonyl (C=O) groups excluding carboxylic acids is 1. The van der Waals surface area contributed by atoms with Gasteiger partial charge in [-0.2, -0.15) is 4.98 Å². The molecular weight excluding hydrogens is 487 g/mol. The minimum absolute atomic E-state index is 0.00810. The van der Waals surface area contributed by atoms with Crippen molar-refractivity contribution in [2.45, 2.75) is 18.8 Å². The van der Waals surface area contributed by atoms with Crippen molar-refractivity contribution in [2.24, 2.45) is 0 Å². The largest absolute Gasteiger partial charge is 0.421 e. The van der Waals surface area contributed by atoms with Gasteiger partial charge in [-0.1, -0.05) is 24.8 Å². The van der Waals surface area contributed by atoms with Crippen molar-refractivity contribution in [3.05, 3.63) is 85.2 Å². The van der Waals surface area contributed by atoms with Gasteiger partial charge in [-0.05, 0) is 54.8 Å². The van der Waals surface area contributed by atoms with E-state index in [-0.39, 0.29) is 23.5 Å². The molecule has 1 aliphatic carbocycles. The van der Waals surface area contributed by atoms with Crippen LogP contribution < -0.4 is 15.8 Å². The zero-order valence-electron chi connectivity index (χ0n) is 20.0. The molecule has 3 aromatic heterocycles. The van der Waals surface area contributed by atoms with Crippen molar-refractivity contribution >= 4 is 22.9 Å². The molecule has 1 aliphatic rings. The third-order valence-electron chi connectivity index (χ3n) is 6.15. The zero-order valence-corrected chi connectivity index (χ0v) is 20.0. The van der Waals surface area contributed by atoms with Gasteiger partial charge in [-0.25, -0.2) is 14.4 Å². The molecule has 38 heavy (non-hydrogen) atoms. The molecule has 0 aliphatic heterocycles. The number of benzene rings is 2. The Bertz CT molecular complexity index is 1700. The number of nitrogens with two attached hydrogens (primary N) is 1. The molecule has 0 spiro atoms. The Morgan fingerprint density at radius 2 is 1.92 bits per heavy atom. The number of hydrogen-bond acceptors (Lipinski definition) is 8. The van der Waals surface area contributed by atoms with Crippen molar-refractivity contribution in [1.82, 2.24) is 29.8 Å². The third kappa shape index (κ3) is 4.41. The molecule has 2 aromatic carbocycles. The second-order valence-corrected chi connectivity index (χ2v) is 8.76. The SMILES string of the molecule is C=CC(=O)Nc1ccc(-c2nn3ncnc(N)c3c2-c2ccc(Oc3nccc(C4CC4)n3)c(F)c2)cc1. The van der Waals surface area contributed by atoms with E-state index in [9.17, 15) is 4.79 Å². The first-order chi connectivity index (χ1) is 18.5. The molecule has 10 nitrogen and oxygen atoms in total. The number of amides is 1. The number of aromatic nitrogens is 6. The average Bonchev–Trinajstić information content (AvgIpc) is 3.71. The van der Waals surface area contributed by atoms with E-state index in [0.29, 0.717) is 39.5 Å². The van der Waals surface area contributed by atoms with Crippen LogP contribution in [-0.4, -0.2) is 35.7 Å². The Morgan fingerprint density at radius 3 is 2.66 bits per heavy atom. The Hall–Kier alpha value is -5.19. The third-order valence-corrected chi connectivity index (χ3v) is 6.15. The van der Waals surface area contributed by atoms with Crippen molar-refractivity contribution in [3.8, 4) is 34.1 Å². The summed E-state index contributed by atoms with van der Waals surface area (Å²) in [7, 11) is 0. The fraction of sp³-hybridized carbons (Fsp3) is 0.111. The van der Waals surface area contributed by atoms with Crippen molar-refractivity contribution in [1.29, 1.82) is 0 Å². The average molecular weight is 509 g/mol. The number of anilines is 2. The highest BCUT2D eigenvalue weighted by Crippen LogP contribution is 2.40. The molecule has 1 saturated carbocycles. The summed E-state index contributed by atoms with van der Waals surface area (Å²) in [4.78, 5) is 24.2. The van der Waals surface area contributed by atoms with Crippen LogP contribution in [0, 0.1) is 5.82 Å². The number of halogens is 1. The van der Waals surface area contributed by atoms with Crippen LogP contribution >= 0.6 is 0 Å². The summed E-state index contributed by atoms with van der Waals surface area (Å²) in [5.41, 5.74) is 10.4. The lowest BCUT2D eigenvalue weighted by Crippen LogP contribution is -2.06. The topological polar surface area (TPSA) is 133 Å². The fourth-order valence-corrected chi connectivity index (χ4v) is 4.15. The van der Waals surface area contributed by atoms with Crippen molar-refractivity contribution in [3.63, 3.8) is 0 Å². The number of nitrogens with one attached hydrogen (secondary N) is 1. The maximum Gasteiger partial charge on any atom is 0.322 e. The number of nitrogen functional groups attached to an aromatic ring is 1. The molecule has 6 rings (SSSR count). The van der Waals surface area contributed by atoms with Crippen LogP contribution in [0.1, 0.15) is 24.5 Å². The van der Waals surface area contributed by atoms with E-state index < -0.39 is 5.82 Å². The Morgan fingerprint density at radius 1 is 1.13 bits per heavy atom. The van der Waals surface area contributed by atoms with E-state index in [4.69, 9.17) is 10.5 Å². The molecule has 1 amide bonds. The lowest BCUT2D eigenvalue weighted by molar-refractivity contribution is -0.111. The fourth-order valence-electron chi connectivity index (χ4n) is 4.15. The summed E-state index contributed by atoms with van der Waals surface area (Å²) >= 11 is 0. The van der Waals surface area contributed by atoms with Gasteiger partial charge < -0.3 is 15.8 Å². The molecule has 188 valence electrons. The minimum atomic E-state index is -0.605. The highest BCUT2D eigenvalue weighted by atomic mass is 19.1. The van der Waals surface area contributed by atoms with Gasteiger partial charge in [0.2, 0.25) is 5.91 Å². The summed E-state index contributed by atoms with van der Waals surface area (Å²) in [6.45, 7) is 3.45. The second-order valence-electron chi connectivity index (χ2n) is 8.76. The van der Waals surface area contributed by atoms with E-state index >= 15 is 4.39 Å². The molecule has 11 heteroatoms. The molecule has 3 heterocycles. The van der Waals surface area contributed by atoms with Gasteiger partial charge in [0.1, 0.15) is 17.5 Å². The first-order valence-corrected chi connectivity index (χ1v) is 11.8. The lowest BCUT2D eigenvalue weighted by atomic mass is 9.99. The molecule has 5 aromatic rings. The quantitative estimate of drug-likeness (QED) is 0.301. The Balaban J connectivity index is 1.39. The molecule has 0 saturated heterocycles. The van der Waals surface area contributed by atoms with Crippen LogP contribution in [0.25, 0.3) is 27.9 Å². The molecule has 0 atom stereocenters. The number of nitrogens with zero attached hydrogens (tertiary/aromatic N) is 6. The molecule has 0 bridgehead atoms. The molecule has 3 N–H and O–H groups in total. The predicted octanol–water partition coefficient (Wildman–Crippen LogP) is 4.76. The number of rotatable bonds is 7. The standard InChI is InChI=1S/C27H21FN8O2/c1-2-22(37)33-18-8-5-16(6-9-18)24-23(25-26(29)31-14-32-36(25)35-24)17-7-10-21(19(28)13-17)38-27-30-12-11-20(34-27)15-3-4-15/h2,5-15H,1,3-4H2,(H,33,37)(H2,29,31,32). The van der Waals surface area contributed by atoms with E-state index in [2.05, 4.69) is 37.0 Å². The van der Waals surface area contributed by atoms with Gasteiger partial charge >= 0.3 is 6.01 Å². The minimum Gasteiger partial charge on any atom is -0.421 e. The first kappa shape index (κ1) is 23.2. The van der Waals surface area contributed by atoms with Crippen LogP contribution in [0.3, 0.4) is 0 Å². The first-order valence-electron chi connectivity index (χ1n) is 11.8.